The average Bonchev–Trinajstić information content (AvgIpc) is 3.03. The summed E-state index contributed by atoms with van der Waals surface area (Å²) in [4.78, 5) is 6.00. The third-order valence-electron chi connectivity index (χ3n) is 3.92. The van der Waals surface area contributed by atoms with Crippen molar-refractivity contribution >= 4 is 23.0 Å². The molecule has 0 atom stereocenters. The molecule has 0 amide bonds. The predicted molar refractivity (Wildman–Crippen MR) is 91.8 cm³/mol. The number of nitriles is 1. The topological polar surface area (TPSA) is 55.1 Å². The van der Waals surface area contributed by atoms with Crippen LogP contribution >= 0.6 is 11.3 Å². The molecule has 3 rings (SSSR count). The van der Waals surface area contributed by atoms with Crippen molar-refractivity contribution in [2.24, 2.45) is 0 Å². The molecule has 1 heterocycles. The van der Waals surface area contributed by atoms with Crippen molar-refractivity contribution < 1.29 is 9.47 Å². The lowest BCUT2D eigenvalue weighted by Gasteiger charge is -2.07. The van der Waals surface area contributed by atoms with Gasteiger partial charge in [-0.2, -0.15) is 5.26 Å². The van der Waals surface area contributed by atoms with Gasteiger partial charge in [0.15, 0.2) is 11.5 Å². The molecule has 2 aromatic rings. The second-order valence-corrected chi connectivity index (χ2v) is 6.46. The molecule has 0 N–H and O–H groups in total. The van der Waals surface area contributed by atoms with Crippen molar-refractivity contribution in [3.05, 3.63) is 39.3 Å². The third kappa shape index (κ3) is 3.22. The van der Waals surface area contributed by atoms with Gasteiger partial charge in [-0.15, -0.1) is 11.3 Å². The zero-order chi connectivity index (χ0) is 16.2. The van der Waals surface area contributed by atoms with Gasteiger partial charge >= 0.3 is 0 Å². The Morgan fingerprint density at radius 1 is 1.22 bits per heavy atom. The summed E-state index contributed by atoms with van der Waals surface area (Å²) < 4.78 is 10.6. The molecule has 5 heteroatoms. The number of hydrogen-bond donors (Lipinski definition) is 0. The summed E-state index contributed by atoms with van der Waals surface area (Å²) in [5.41, 5.74) is 2.66. The predicted octanol–water partition coefficient (Wildman–Crippen LogP) is 4.10. The molecular weight excluding hydrogens is 308 g/mol. The normalized spacial score (nSPS) is 14.0. The van der Waals surface area contributed by atoms with Gasteiger partial charge in [0, 0.05) is 4.88 Å². The molecular formula is C18H18N2O2S. The van der Waals surface area contributed by atoms with Gasteiger partial charge in [0.25, 0.3) is 0 Å². The minimum atomic E-state index is 0.594. The van der Waals surface area contributed by atoms with Crippen LogP contribution in [0.1, 0.15) is 34.0 Å². The Morgan fingerprint density at radius 3 is 2.70 bits per heavy atom. The van der Waals surface area contributed by atoms with Crippen LogP contribution in [0.15, 0.2) is 18.2 Å². The van der Waals surface area contributed by atoms with Crippen LogP contribution < -0.4 is 9.47 Å². The molecule has 0 aliphatic heterocycles. The molecule has 118 valence electrons. The highest BCUT2D eigenvalue weighted by Gasteiger charge is 2.17. The zero-order valence-corrected chi connectivity index (χ0v) is 14.1. The molecule has 0 bridgehead atoms. The molecule has 0 spiro atoms. The lowest BCUT2D eigenvalue weighted by Crippen LogP contribution is -1.99. The molecule has 23 heavy (non-hydrogen) atoms. The van der Waals surface area contributed by atoms with Crippen molar-refractivity contribution in [1.82, 2.24) is 4.98 Å². The fourth-order valence-corrected chi connectivity index (χ4v) is 3.83. The number of hydrogen-bond acceptors (Lipinski definition) is 5. The van der Waals surface area contributed by atoms with Gasteiger partial charge in [-0.25, -0.2) is 4.98 Å². The first-order chi connectivity index (χ1) is 11.2. The van der Waals surface area contributed by atoms with E-state index in [0.29, 0.717) is 17.1 Å². The number of ether oxygens (including phenoxy) is 2. The Hall–Kier alpha value is -2.32. The first-order valence-corrected chi connectivity index (χ1v) is 8.39. The molecule has 1 aliphatic carbocycles. The van der Waals surface area contributed by atoms with Gasteiger partial charge in [0.1, 0.15) is 11.1 Å². The number of allylic oxidation sites excluding steroid dienone is 1. The second-order valence-electron chi connectivity index (χ2n) is 5.38. The third-order valence-corrected chi connectivity index (χ3v) is 5.11. The number of aryl methyl sites for hydroxylation is 2. The van der Waals surface area contributed by atoms with Crippen molar-refractivity contribution in [3.8, 4) is 17.6 Å². The molecule has 0 saturated heterocycles. The lowest BCUT2D eigenvalue weighted by molar-refractivity contribution is 0.355. The summed E-state index contributed by atoms with van der Waals surface area (Å²) >= 11 is 1.65. The number of aromatic nitrogens is 1. The summed E-state index contributed by atoms with van der Waals surface area (Å²) in [6.45, 7) is 0. The molecule has 1 aliphatic rings. The van der Waals surface area contributed by atoms with E-state index in [-0.39, 0.29) is 0 Å². The lowest BCUT2D eigenvalue weighted by atomic mass is 10.0. The van der Waals surface area contributed by atoms with Gasteiger partial charge in [0.2, 0.25) is 0 Å². The minimum Gasteiger partial charge on any atom is -0.493 e. The molecule has 0 fully saturated rings. The fourth-order valence-electron chi connectivity index (χ4n) is 2.72. The van der Waals surface area contributed by atoms with Crippen LogP contribution in [0.25, 0.3) is 11.6 Å². The number of rotatable bonds is 4. The fraction of sp³-hybridized carbons (Fsp3) is 0.333. The van der Waals surface area contributed by atoms with Gasteiger partial charge in [0.05, 0.1) is 25.5 Å². The van der Waals surface area contributed by atoms with Gasteiger partial charge < -0.3 is 9.47 Å². The van der Waals surface area contributed by atoms with E-state index in [0.717, 1.165) is 23.4 Å². The summed E-state index contributed by atoms with van der Waals surface area (Å²) in [6.07, 6.45) is 6.38. The van der Waals surface area contributed by atoms with Gasteiger partial charge in [-0.1, -0.05) is 6.07 Å². The van der Waals surface area contributed by atoms with E-state index < -0.39 is 0 Å². The average molecular weight is 326 g/mol. The molecule has 0 radical (unpaired) electrons. The first kappa shape index (κ1) is 15.6. The Morgan fingerprint density at radius 2 is 2.00 bits per heavy atom. The summed E-state index contributed by atoms with van der Waals surface area (Å²) in [6, 6.07) is 7.89. The smallest absolute Gasteiger partial charge is 0.161 e. The van der Waals surface area contributed by atoms with E-state index in [1.807, 2.05) is 24.3 Å². The van der Waals surface area contributed by atoms with E-state index in [4.69, 9.17) is 9.47 Å². The number of benzene rings is 1. The van der Waals surface area contributed by atoms with Crippen LogP contribution in [0.2, 0.25) is 0 Å². The van der Waals surface area contributed by atoms with Crippen LogP contribution in [0.3, 0.4) is 0 Å². The molecule has 0 saturated carbocycles. The van der Waals surface area contributed by atoms with Crippen molar-refractivity contribution in [3.63, 3.8) is 0 Å². The Labute approximate surface area is 140 Å². The van der Waals surface area contributed by atoms with Gasteiger partial charge in [-0.3, -0.25) is 0 Å². The van der Waals surface area contributed by atoms with E-state index in [1.54, 1.807) is 25.6 Å². The monoisotopic (exact) mass is 326 g/mol. The van der Waals surface area contributed by atoms with E-state index in [1.165, 1.54) is 23.4 Å². The first-order valence-electron chi connectivity index (χ1n) is 7.58. The summed E-state index contributed by atoms with van der Waals surface area (Å²) in [7, 11) is 3.21. The van der Waals surface area contributed by atoms with Crippen LogP contribution in [0.5, 0.6) is 11.5 Å². The molecule has 1 aromatic carbocycles. The zero-order valence-electron chi connectivity index (χ0n) is 13.3. The van der Waals surface area contributed by atoms with E-state index >= 15 is 0 Å². The largest absolute Gasteiger partial charge is 0.493 e. The van der Waals surface area contributed by atoms with Crippen molar-refractivity contribution in [1.29, 1.82) is 5.26 Å². The Kier molecular flexibility index (Phi) is 4.63. The standard InChI is InChI=1S/C18H18N2O2S/c1-21-15-8-7-12(10-16(15)22-2)9-13(11-19)18-20-14-5-3-4-6-17(14)23-18/h7-10H,3-6H2,1-2H3. The minimum absolute atomic E-state index is 0.594. The van der Waals surface area contributed by atoms with Crippen LogP contribution in [0.4, 0.5) is 0 Å². The quantitative estimate of drug-likeness (QED) is 0.794. The van der Waals surface area contributed by atoms with E-state index in [2.05, 4.69) is 11.1 Å². The van der Waals surface area contributed by atoms with E-state index in [9.17, 15) is 5.26 Å². The number of fused-ring (bicyclic) bond motifs is 1. The van der Waals surface area contributed by atoms with Crippen molar-refractivity contribution in [2.75, 3.05) is 14.2 Å². The highest BCUT2D eigenvalue weighted by Crippen LogP contribution is 2.32. The summed E-state index contributed by atoms with van der Waals surface area (Å²) in [5, 5.41) is 10.3. The maximum atomic E-state index is 9.52. The highest BCUT2D eigenvalue weighted by atomic mass is 32.1. The molecule has 4 nitrogen and oxygen atoms in total. The van der Waals surface area contributed by atoms with Crippen LogP contribution in [0, 0.1) is 11.3 Å². The van der Waals surface area contributed by atoms with Gasteiger partial charge in [-0.05, 0) is 49.5 Å². The SMILES string of the molecule is COc1ccc(C=C(C#N)c2nc3c(s2)CCCC3)cc1OC. The van der Waals surface area contributed by atoms with Crippen LogP contribution in [-0.4, -0.2) is 19.2 Å². The number of methoxy groups -OCH3 is 2. The number of nitrogens with zero attached hydrogens (tertiary/aromatic N) is 2. The number of thiazole rings is 1. The summed E-state index contributed by atoms with van der Waals surface area (Å²) in [5.74, 6) is 1.32. The second kappa shape index (κ2) is 6.84. The maximum absolute atomic E-state index is 9.52. The maximum Gasteiger partial charge on any atom is 0.161 e. The highest BCUT2D eigenvalue weighted by molar-refractivity contribution is 7.13. The molecule has 0 unspecified atom stereocenters. The van der Waals surface area contributed by atoms with Crippen LogP contribution in [-0.2, 0) is 12.8 Å². The Bertz CT molecular complexity index is 763. The van der Waals surface area contributed by atoms with Crippen molar-refractivity contribution in [2.45, 2.75) is 25.7 Å². The molecule has 1 aromatic heterocycles. The Balaban J connectivity index is 1.96.